The van der Waals surface area contributed by atoms with Crippen LogP contribution in [0.1, 0.15) is 11.3 Å². The maximum absolute atomic E-state index is 5.70. The van der Waals surface area contributed by atoms with Gasteiger partial charge in [-0.25, -0.2) is 0 Å². The highest BCUT2D eigenvalue weighted by Crippen LogP contribution is 2.29. The lowest BCUT2D eigenvalue weighted by atomic mass is 10.2. The van der Waals surface area contributed by atoms with Crippen LogP contribution in [0.3, 0.4) is 0 Å². The summed E-state index contributed by atoms with van der Waals surface area (Å²) >= 11 is 5.70. The molecule has 1 aromatic carbocycles. The van der Waals surface area contributed by atoms with E-state index in [9.17, 15) is 0 Å². The molecule has 6 nitrogen and oxygen atoms in total. The standard InChI is InChI=1S/C21H22N4O2S/c1-26-18-8-9-19(20(12-18)27-2)24-21(28)25(14-16-6-5-10-22-13-16)15-17-7-3-4-11-23-17/h3-13H,14-15H2,1-2H3,(H,24,28). The normalized spacial score (nSPS) is 10.2. The Bertz CT molecular complexity index is 865. The second-order valence-electron chi connectivity index (χ2n) is 6.03. The largest absolute Gasteiger partial charge is 0.497 e. The molecule has 28 heavy (non-hydrogen) atoms. The zero-order chi connectivity index (χ0) is 19.8. The summed E-state index contributed by atoms with van der Waals surface area (Å²) in [6, 6.07) is 15.3. The molecule has 0 bridgehead atoms. The number of hydrogen-bond donors (Lipinski definition) is 1. The van der Waals surface area contributed by atoms with Crippen LogP contribution >= 0.6 is 12.2 Å². The number of pyridine rings is 2. The molecule has 0 atom stereocenters. The van der Waals surface area contributed by atoms with Crippen molar-refractivity contribution in [1.82, 2.24) is 14.9 Å². The number of methoxy groups -OCH3 is 2. The van der Waals surface area contributed by atoms with Gasteiger partial charge in [0.25, 0.3) is 0 Å². The molecule has 0 fully saturated rings. The molecule has 0 aliphatic heterocycles. The SMILES string of the molecule is COc1ccc(NC(=S)N(Cc2cccnc2)Cc2ccccn2)c(OC)c1. The molecule has 0 spiro atoms. The summed E-state index contributed by atoms with van der Waals surface area (Å²) < 4.78 is 10.7. The highest BCUT2D eigenvalue weighted by Gasteiger charge is 2.15. The Hall–Kier alpha value is -3.19. The van der Waals surface area contributed by atoms with Crippen LogP contribution in [0.4, 0.5) is 5.69 Å². The zero-order valence-electron chi connectivity index (χ0n) is 15.8. The van der Waals surface area contributed by atoms with Crippen molar-refractivity contribution in [1.29, 1.82) is 0 Å². The molecule has 7 heteroatoms. The van der Waals surface area contributed by atoms with Crippen LogP contribution in [0.5, 0.6) is 11.5 Å². The molecule has 0 radical (unpaired) electrons. The van der Waals surface area contributed by atoms with E-state index < -0.39 is 0 Å². The summed E-state index contributed by atoms with van der Waals surface area (Å²) in [6.07, 6.45) is 5.37. The Morgan fingerprint density at radius 2 is 1.93 bits per heavy atom. The average Bonchev–Trinajstić information content (AvgIpc) is 2.75. The lowest BCUT2D eigenvalue weighted by Crippen LogP contribution is -2.34. The molecular weight excluding hydrogens is 372 g/mol. The number of thiocarbonyl (C=S) groups is 1. The van der Waals surface area contributed by atoms with E-state index in [4.69, 9.17) is 21.7 Å². The molecule has 1 N–H and O–H groups in total. The highest BCUT2D eigenvalue weighted by molar-refractivity contribution is 7.80. The number of ether oxygens (including phenoxy) is 2. The van der Waals surface area contributed by atoms with Crippen molar-refractivity contribution in [3.63, 3.8) is 0 Å². The monoisotopic (exact) mass is 394 g/mol. The first-order valence-corrected chi connectivity index (χ1v) is 9.17. The van der Waals surface area contributed by atoms with E-state index >= 15 is 0 Å². The van der Waals surface area contributed by atoms with E-state index in [-0.39, 0.29) is 0 Å². The first kappa shape index (κ1) is 19.6. The van der Waals surface area contributed by atoms with Crippen LogP contribution in [0, 0.1) is 0 Å². The van der Waals surface area contributed by atoms with Crippen molar-refractivity contribution in [2.45, 2.75) is 13.1 Å². The fourth-order valence-electron chi connectivity index (χ4n) is 2.69. The number of benzene rings is 1. The molecule has 0 saturated heterocycles. The smallest absolute Gasteiger partial charge is 0.174 e. The van der Waals surface area contributed by atoms with Crippen LogP contribution in [0.15, 0.2) is 67.1 Å². The van der Waals surface area contributed by atoms with Crippen molar-refractivity contribution in [2.75, 3.05) is 19.5 Å². The molecule has 0 aliphatic carbocycles. The van der Waals surface area contributed by atoms with Gasteiger partial charge < -0.3 is 19.7 Å². The Balaban J connectivity index is 1.81. The first-order chi connectivity index (χ1) is 13.7. The van der Waals surface area contributed by atoms with E-state index in [1.165, 1.54) is 0 Å². The van der Waals surface area contributed by atoms with Crippen LogP contribution in [-0.4, -0.2) is 34.2 Å². The van der Waals surface area contributed by atoms with Gasteiger partial charge in [0, 0.05) is 31.2 Å². The second-order valence-corrected chi connectivity index (χ2v) is 6.42. The number of nitrogens with one attached hydrogen (secondary N) is 1. The van der Waals surface area contributed by atoms with Crippen molar-refractivity contribution >= 4 is 23.0 Å². The molecule has 144 valence electrons. The minimum absolute atomic E-state index is 0.568. The van der Waals surface area contributed by atoms with E-state index in [0.717, 1.165) is 16.9 Å². The lowest BCUT2D eigenvalue weighted by molar-refractivity contribution is 0.394. The predicted molar refractivity (Wildman–Crippen MR) is 113 cm³/mol. The fraction of sp³-hybridized carbons (Fsp3) is 0.190. The third-order valence-electron chi connectivity index (χ3n) is 4.11. The number of rotatable bonds is 7. The van der Waals surface area contributed by atoms with Crippen LogP contribution in [0.2, 0.25) is 0 Å². The Labute approximate surface area is 170 Å². The minimum atomic E-state index is 0.568. The second kappa shape index (κ2) is 9.66. The summed E-state index contributed by atoms with van der Waals surface area (Å²) in [5.74, 6) is 1.37. The summed E-state index contributed by atoms with van der Waals surface area (Å²) in [6.45, 7) is 1.18. The molecule has 0 amide bonds. The van der Waals surface area contributed by atoms with Crippen LogP contribution in [-0.2, 0) is 13.1 Å². The van der Waals surface area contributed by atoms with Crippen LogP contribution < -0.4 is 14.8 Å². The Morgan fingerprint density at radius 3 is 2.61 bits per heavy atom. The first-order valence-electron chi connectivity index (χ1n) is 8.76. The number of anilines is 1. The molecular formula is C21H22N4O2S. The molecule has 0 unspecified atom stereocenters. The quantitative estimate of drug-likeness (QED) is 0.610. The molecule has 3 rings (SSSR count). The van der Waals surface area contributed by atoms with Gasteiger partial charge in [-0.05, 0) is 48.1 Å². The summed E-state index contributed by atoms with van der Waals surface area (Å²) in [4.78, 5) is 10.7. The van der Waals surface area contributed by atoms with Gasteiger partial charge in [-0.1, -0.05) is 12.1 Å². The average molecular weight is 395 g/mol. The molecule has 0 aliphatic rings. The topological polar surface area (TPSA) is 59.5 Å². The Morgan fingerprint density at radius 1 is 1.04 bits per heavy atom. The number of hydrogen-bond acceptors (Lipinski definition) is 5. The minimum Gasteiger partial charge on any atom is -0.497 e. The molecule has 0 saturated carbocycles. The van der Waals surface area contributed by atoms with Gasteiger partial charge in [0.2, 0.25) is 0 Å². The number of aromatic nitrogens is 2. The lowest BCUT2D eigenvalue weighted by Gasteiger charge is -2.26. The van der Waals surface area contributed by atoms with Gasteiger partial charge in [0.1, 0.15) is 11.5 Å². The van der Waals surface area contributed by atoms with Crippen LogP contribution in [0.25, 0.3) is 0 Å². The number of nitrogens with zero attached hydrogens (tertiary/aromatic N) is 3. The van der Waals surface area contributed by atoms with Gasteiger partial charge in [0.05, 0.1) is 32.1 Å². The predicted octanol–water partition coefficient (Wildman–Crippen LogP) is 3.89. The van der Waals surface area contributed by atoms with Crippen molar-refractivity contribution in [2.24, 2.45) is 0 Å². The van der Waals surface area contributed by atoms with Gasteiger partial charge in [-0.3, -0.25) is 9.97 Å². The third kappa shape index (κ3) is 5.17. The fourth-order valence-corrected chi connectivity index (χ4v) is 2.93. The van der Waals surface area contributed by atoms with Gasteiger partial charge in [-0.15, -0.1) is 0 Å². The van der Waals surface area contributed by atoms with Gasteiger partial charge >= 0.3 is 0 Å². The summed E-state index contributed by atoms with van der Waals surface area (Å²) in [5, 5.41) is 3.85. The third-order valence-corrected chi connectivity index (χ3v) is 4.47. The maximum Gasteiger partial charge on any atom is 0.174 e. The van der Waals surface area contributed by atoms with E-state index in [1.807, 2.05) is 59.6 Å². The van der Waals surface area contributed by atoms with E-state index in [1.54, 1.807) is 26.6 Å². The molecule has 2 heterocycles. The molecule has 2 aromatic heterocycles. The summed E-state index contributed by atoms with van der Waals surface area (Å²) in [7, 11) is 3.24. The zero-order valence-corrected chi connectivity index (χ0v) is 16.6. The molecule has 3 aromatic rings. The van der Waals surface area contributed by atoms with Crippen molar-refractivity contribution in [3.8, 4) is 11.5 Å². The van der Waals surface area contributed by atoms with Crippen molar-refractivity contribution < 1.29 is 9.47 Å². The summed E-state index contributed by atoms with van der Waals surface area (Å²) in [5.41, 5.74) is 2.76. The van der Waals surface area contributed by atoms with Crippen molar-refractivity contribution in [3.05, 3.63) is 78.4 Å². The van der Waals surface area contributed by atoms with E-state index in [2.05, 4.69) is 15.3 Å². The van der Waals surface area contributed by atoms with E-state index in [0.29, 0.717) is 29.7 Å². The highest BCUT2D eigenvalue weighted by atomic mass is 32.1. The maximum atomic E-state index is 5.70. The van der Waals surface area contributed by atoms with Gasteiger partial charge in [-0.2, -0.15) is 0 Å². The Kier molecular flexibility index (Phi) is 6.75. The van der Waals surface area contributed by atoms with Gasteiger partial charge in [0.15, 0.2) is 5.11 Å².